The number of carbonyl (C=O) groups is 1. The van der Waals surface area contributed by atoms with Gasteiger partial charge in [-0.05, 0) is 42.0 Å². The van der Waals surface area contributed by atoms with Crippen LogP contribution in [0.2, 0.25) is 0 Å². The predicted molar refractivity (Wildman–Crippen MR) is 85.2 cm³/mol. The van der Waals surface area contributed by atoms with E-state index in [2.05, 4.69) is 5.10 Å². The number of fused-ring (bicyclic) bond motifs is 1. The van der Waals surface area contributed by atoms with Crippen molar-refractivity contribution in [2.24, 2.45) is 0 Å². The number of hydrogen-bond donors (Lipinski definition) is 0. The minimum Gasteiger partial charge on any atom is -0.457 e. The Hall–Kier alpha value is -3.28. The number of hydrogen-bond acceptors (Lipinski definition) is 5. The molecule has 0 saturated heterocycles. The number of aromatic nitrogens is 2. The highest BCUT2D eigenvalue weighted by Gasteiger charge is 2.17. The Morgan fingerprint density at radius 1 is 1.12 bits per heavy atom. The van der Waals surface area contributed by atoms with Crippen LogP contribution < -0.4 is 9.47 Å². The van der Waals surface area contributed by atoms with Gasteiger partial charge in [0, 0.05) is 12.4 Å². The van der Waals surface area contributed by atoms with Gasteiger partial charge in [-0.25, -0.2) is 9.48 Å². The van der Waals surface area contributed by atoms with Crippen LogP contribution in [-0.4, -0.2) is 22.5 Å². The summed E-state index contributed by atoms with van der Waals surface area (Å²) in [6, 6.07) is 14.5. The second-order valence-corrected chi connectivity index (χ2v) is 5.26. The van der Waals surface area contributed by atoms with Crippen LogP contribution >= 0.6 is 0 Å². The summed E-state index contributed by atoms with van der Waals surface area (Å²) in [5.41, 5.74) is 2.29. The van der Waals surface area contributed by atoms with Crippen LogP contribution in [0, 0.1) is 0 Å². The van der Waals surface area contributed by atoms with Crippen molar-refractivity contribution in [3.63, 3.8) is 0 Å². The van der Waals surface area contributed by atoms with Crippen molar-refractivity contribution in [3.8, 4) is 17.2 Å². The molecule has 0 radical (unpaired) electrons. The molecule has 0 atom stereocenters. The first kappa shape index (κ1) is 14.3. The molecule has 3 aromatic rings. The predicted octanol–water partition coefficient (Wildman–Crippen LogP) is 2.96. The van der Waals surface area contributed by atoms with Crippen molar-refractivity contribution in [1.82, 2.24) is 9.78 Å². The Bertz CT molecular complexity index is 857. The fourth-order valence-corrected chi connectivity index (χ4v) is 2.42. The lowest BCUT2D eigenvalue weighted by Gasteiger charge is -2.07. The molecule has 6 heteroatoms. The van der Waals surface area contributed by atoms with Gasteiger partial charge in [-0.15, -0.1) is 0 Å². The lowest BCUT2D eigenvalue weighted by Crippen LogP contribution is -2.05. The van der Waals surface area contributed by atoms with Gasteiger partial charge in [-0.3, -0.25) is 0 Å². The molecule has 0 aliphatic carbocycles. The Morgan fingerprint density at radius 2 is 1.96 bits per heavy atom. The maximum absolute atomic E-state index is 12.1. The van der Waals surface area contributed by atoms with Gasteiger partial charge < -0.3 is 14.2 Å². The third kappa shape index (κ3) is 2.81. The molecule has 0 spiro atoms. The monoisotopic (exact) mass is 322 g/mol. The van der Waals surface area contributed by atoms with Gasteiger partial charge in [-0.1, -0.05) is 12.1 Å². The number of carbonyl (C=O) groups excluding carboxylic acids is 1. The number of benzene rings is 2. The van der Waals surface area contributed by atoms with Crippen molar-refractivity contribution in [3.05, 3.63) is 72.1 Å². The van der Waals surface area contributed by atoms with E-state index in [9.17, 15) is 4.79 Å². The third-order valence-corrected chi connectivity index (χ3v) is 3.68. The fraction of sp³-hybridized carbons (Fsp3) is 0.111. The van der Waals surface area contributed by atoms with E-state index in [0.717, 1.165) is 11.3 Å². The Kier molecular flexibility index (Phi) is 3.63. The molecular formula is C18H14N2O4. The van der Waals surface area contributed by atoms with Gasteiger partial charge in [0.25, 0.3) is 0 Å². The summed E-state index contributed by atoms with van der Waals surface area (Å²) in [6.45, 7) is 0.378. The Labute approximate surface area is 138 Å². The molecule has 0 saturated carbocycles. The van der Waals surface area contributed by atoms with Gasteiger partial charge in [0.1, 0.15) is 6.61 Å². The molecule has 6 nitrogen and oxygen atoms in total. The van der Waals surface area contributed by atoms with E-state index in [4.69, 9.17) is 14.2 Å². The van der Waals surface area contributed by atoms with E-state index in [1.165, 1.54) is 0 Å². The summed E-state index contributed by atoms with van der Waals surface area (Å²) >= 11 is 0. The molecule has 0 bridgehead atoms. The van der Waals surface area contributed by atoms with Crippen LogP contribution in [0.15, 0.2) is 60.9 Å². The van der Waals surface area contributed by atoms with Crippen LogP contribution in [0.1, 0.15) is 15.9 Å². The molecule has 1 aliphatic rings. The largest absolute Gasteiger partial charge is 0.457 e. The Morgan fingerprint density at radius 3 is 2.75 bits per heavy atom. The molecule has 4 rings (SSSR count). The molecular weight excluding hydrogens is 308 g/mol. The third-order valence-electron chi connectivity index (χ3n) is 3.68. The molecule has 24 heavy (non-hydrogen) atoms. The van der Waals surface area contributed by atoms with Crippen molar-refractivity contribution in [2.75, 3.05) is 6.79 Å². The summed E-state index contributed by atoms with van der Waals surface area (Å²) in [5, 5.41) is 4.17. The van der Waals surface area contributed by atoms with Crippen LogP contribution in [-0.2, 0) is 11.3 Å². The minimum atomic E-state index is -0.399. The zero-order valence-corrected chi connectivity index (χ0v) is 12.7. The highest BCUT2D eigenvalue weighted by molar-refractivity contribution is 5.90. The second-order valence-electron chi connectivity index (χ2n) is 5.26. The van der Waals surface area contributed by atoms with Crippen LogP contribution in [0.4, 0.5) is 0 Å². The Balaban J connectivity index is 1.40. The highest BCUT2D eigenvalue weighted by atomic mass is 16.7. The van der Waals surface area contributed by atoms with E-state index in [-0.39, 0.29) is 13.4 Å². The molecule has 1 aliphatic heterocycles. The van der Waals surface area contributed by atoms with Gasteiger partial charge in [0.15, 0.2) is 11.5 Å². The van der Waals surface area contributed by atoms with Crippen LogP contribution in [0.5, 0.6) is 11.5 Å². The zero-order chi connectivity index (χ0) is 16.4. The zero-order valence-electron chi connectivity index (χ0n) is 12.7. The van der Waals surface area contributed by atoms with Crippen LogP contribution in [0.25, 0.3) is 5.69 Å². The summed E-state index contributed by atoms with van der Waals surface area (Å²) in [7, 11) is 0. The minimum absolute atomic E-state index is 0.177. The van der Waals surface area contributed by atoms with E-state index >= 15 is 0 Å². The highest BCUT2D eigenvalue weighted by Crippen LogP contribution is 2.32. The first-order valence-electron chi connectivity index (χ1n) is 7.45. The van der Waals surface area contributed by atoms with Crippen molar-refractivity contribution in [1.29, 1.82) is 0 Å². The van der Waals surface area contributed by atoms with Gasteiger partial charge in [0.05, 0.1) is 11.3 Å². The van der Waals surface area contributed by atoms with Gasteiger partial charge in [0.2, 0.25) is 6.79 Å². The number of nitrogens with zero attached hydrogens (tertiary/aromatic N) is 2. The summed E-state index contributed by atoms with van der Waals surface area (Å²) < 4.78 is 17.6. The maximum atomic E-state index is 12.1. The number of rotatable bonds is 4. The van der Waals surface area contributed by atoms with E-state index in [1.807, 2.05) is 36.5 Å². The van der Waals surface area contributed by atoms with Crippen molar-refractivity contribution < 1.29 is 19.0 Å². The first-order valence-corrected chi connectivity index (χ1v) is 7.45. The summed E-state index contributed by atoms with van der Waals surface area (Å²) in [4.78, 5) is 12.1. The molecule has 0 unspecified atom stereocenters. The van der Waals surface area contributed by atoms with Crippen LogP contribution in [0.3, 0.4) is 0 Å². The SMILES string of the molecule is O=C(OCc1ccc(-n2cccn2)cc1)c1ccc2c(c1)OCO2. The van der Waals surface area contributed by atoms with E-state index in [1.54, 1.807) is 29.1 Å². The quantitative estimate of drug-likeness (QED) is 0.691. The van der Waals surface area contributed by atoms with Crippen molar-refractivity contribution in [2.45, 2.75) is 6.61 Å². The molecule has 0 N–H and O–H groups in total. The normalized spacial score (nSPS) is 12.2. The smallest absolute Gasteiger partial charge is 0.338 e. The first-order chi connectivity index (χ1) is 11.8. The average Bonchev–Trinajstić information content (AvgIpc) is 3.30. The lowest BCUT2D eigenvalue weighted by molar-refractivity contribution is 0.0472. The topological polar surface area (TPSA) is 62.6 Å². The maximum Gasteiger partial charge on any atom is 0.338 e. The molecule has 1 aromatic heterocycles. The fourth-order valence-electron chi connectivity index (χ4n) is 2.42. The standard InChI is InChI=1S/C18H14N2O4/c21-18(14-4-7-16-17(10-14)24-12-23-16)22-11-13-2-5-15(6-3-13)20-9-1-8-19-20/h1-10H,11-12H2. The molecule has 0 amide bonds. The molecule has 0 fully saturated rings. The summed E-state index contributed by atoms with van der Waals surface area (Å²) in [6.07, 6.45) is 3.59. The summed E-state index contributed by atoms with van der Waals surface area (Å²) in [5.74, 6) is 0.804. The lowest BCUT2D eigenvalue weighted by atomic mass is 10.2. The number of ether oxygens (including phenoxy) is 3. The number of esters is 1. The van der Waals surface area contributed by atoms with Crippen molar-refractivity contribution >= 4 is 5.97 Å². The van der Waals surface area contributed by atoms with Gasteiger partial charge in [-0.2, -0.15) is 5.10 Å². The molecule has 2 heterocycles. The second kappa shape index (κ2) is 6.08. The van der Waals surface area contributed by atoms with E-state index in [0.29, 0.717) is 17.1 Å². The van der Waals surface area contributed by atoms with Gasteiger partial charge >= 0.3 is 5.97 Å². The van der Waals surface area contributed by atoms with E-state index < -0.39 is 5.97 Å². The average molecular weight is 322 g/mol. The molecule has 120 valence electrons. The molecule has 2 aromatic carbocycles.